The smallest absolute Gasteiger partial charge is 0.346 e. The molecule has 3 rings (SSSR count). The second kappa shape index (κ2) is 6.35. The van der Waals surface area contributed by atoms with Crippen molar-refractivity contribution in [3.05, 3.63) is 22.5 Å². The maximum Gasteiger partial charge on any atom is 0.352 e. The van der Waals surface area contributed by atoms with E-state index < -0.39 is 38.3 Å². The maximum absolute atomic E-state index is 12.5. The van der Waals surface area contributed by atoms with Crippen LogP contribution in [0.4, 0.5) is 0 Å². The molecule has 0 radical (unpaired) electrons. The summed E-state index contributed by atoms with van der Waals surface area (Å²) in [6, 6.07) is -0.755. The number of rotatable bonds is 3. The number of imidazole rings is 1. The van der Waals surface area contributed by atoms with E-state index >= 15 is 0 Å². The van der Waals surface area contributed by atoms with Crippen molar-refractivity contribution in [2.45, 2.75) is 35.9 Å². The molecule has 3 unspecified atom stereocenters. The number of amides is 1. The summed E-state index contributed by atoms with van der Waals surface area (Å²) in [5.74, 6) is -0.672. The van der Waals surface area contributed by atoms with Gasteiger partial charge in [-0.1, -0.05) is 5.21 Å². The summed E-state index contributed by atoms with van der Waals surface area (Å²) in [5.41, 5.74) is -0.668. The predicted octanol–water partition coefficient (Wildman–Crippen LogP) is -1.63. The van der Waals surface area contributed by atoms with E-state index in [1.54, 1.807) is 0 Å². The van der Waals surface area contributed by atoms with E-state index in [1.807, 2.05) is 0 Å². The second-order valence-corrected chi connectivity index (χ2v) is 8.15. The lowest BCUT2D eigenvalue weighted by molar-refractivity contribution is 0.0926. The van der Waals surface area contributed by atoms with Gasteiger partial charge in [-0.15, -0.1) is 16.7 Å². The zero-order valence-electron chi connectivity index (χ0n) is 13.2. The Morgan fingerprint density at radius 1 is 1.44 bits per heavy atom. The SMILES string of the molecule is Cn1nnc2c(C(=O)NC3CCCC(Cl)C3S(N)(=O)=O)ncn2c1=O. The van der Waals surface area contributed by atoms with Crippen molar-refractivity contribution in [3.63, 3.8) is 0 Å². The number of alkyl halides is 1. The minimum absolute atomic E-state index is 0.0222. The second-order valence-electron chi connectivity index (χ2n) is 5.86. The van der Waals surface area contributed by atoms with Gasteiger partial charge in [0.15, 0.2) is 11.3 Å². The summed E-state index contributed by atoms with van der Waals surface area (Å²) in [6.45, 7) is 0. The van der Waals surface area contributed by atoms with E-state index in [1.165, 1.54) is 7.05 Å². The quantitative estimate of drug-likeness (QED) is 0.597. The molecular formula is C12H16ClN7O4S. The molecule has 1 aliphatic carbocycles. The first-order valence-corrected chi connectivity index (χ1v) is 9.48. The maximum atomic E-state index is 12.5. The highest BCUT2D eigenvalue weighted by Crippen LogP contribution is 2.28. The minimum atomic E-state index is -3.95. The molecule has 1 fully saturated rings. The molecule has 25 heavy (non-hydrogen) atoms. The standard InChI is InChI=1S/C12H16ClN7O4S/c1-19-12(22)20-5-15-8(10(20)17-18-19)11(21)16-7-4-2-3-6(13)9(7)25(14,23)24/h5-7,9H,2-4H2,1H3,(H,16,21)(H2,14,23,24). The lowest BCUT2D eigenvalue weighted by Crippen LogP contribution is -2.55. The van der Waals surface area contributed by atoms with Crippen LogP contribution in [0.5, 0.6) is 0 Å². The Morgan fingerprint density at radius 3 is 2.84 bits per heavy atom. The summed E-state index contributed by atoms with van der Waals surface area (Å²) in [7, 11) is -2.54. The van der Waals surface area contributed by atoms with Crippen molar-refractivity contribution in [2.75, 3.05) is 0 Å². The zero-order chi connectivity index (χ0) is 18.4. The lowest BCUT2D eigenvalue weighted by atomic mass is 9.94. The number of nitrogens with zero attached hydrogens (tertiary/aromatic N) is 5. The Bertz CT molecular complexity index is 985. The normalized spacial score (nSPS) is 24.4. The van der Waals surface area contributed by atoms with Crippen molar-refractivity contribution in [2.24, 2.45) is 12.2 Å². The summed E-state index contributed by atoms with van der Waals surface area (Å²) < 4.78 is 25.7. The van der Waals surface area contributed by atoms with Gasteiger partial charge in [0, 0.05) is 13.1 Å². The topological polar surface area (TPSA) is 154 Å². The fraction of sp³-hybridized carbons (Fsp3) is 0.583. The van der Waals surface area contributed by atoms with Crippen LogP contribution in [0.1, 0.15) is 29.8 Å². The number of nitrogens with one attached hydrogen (secondary N) is 1. The first kappa shape index (κ1) is 17.8. The molecule has 2 heterocycles. The van der Waals surface area contributed by atoms with Gasteiger partial charge in [0.1, 0.15) is 11.6 Å². The Labute approximate surface area is 147 Å². The first-order chi connectivity index (χ1) is 11.7. The van der Waals surface area contributed by atoms with Crippen LogP contribution >= 0.6 is 11.6 Å². The van der Waals surface area contributed by atoms with Crippen LogP contribution in [-0.2, 0) is 17.1 Å². The average molecular weight is 390 g/mol. The molecule has 2 aromatic heterocycles. The molecule has 3 N–H and O–H groups in total. The molecule has 0 aromatic carbocycles. The van der Waals surface area contributed by atoms with Crippen molar-refractivity contribution >= 4 is 33.2 Å². The number of halogens is 1. The molecular weight excluding hydrogens is 374 g/mol. The van der Waals surface area contributed by atoms with E-state index in [0.29, 0.717) is 19.3 Å². The van der Waals surface area contributed by atoms with Gasteiger partial charge in [0.2, 0.25) is 10.0 Å². The lowest BCUT2D eigenvalue weighted by Gasteiger charge is -2.33. The molecule has 1 saturated carbocycles. The Morgan fingerprint density at radius 2 is 2.16 bits per heavy atom. The zero-order valence-corrected chi connectivity index (χ0v) is 14.7. The van der Waals surface area contributed by atoms with Crippen LogP contribution in [0, 0.1) is 0 Å². The number of aryl methyl sites for hydroxylation is 1. The van der Waals surface area contributed by atoms with Gasteiger partial charge in [0.25, 0.3) is 5.91 Å². The van der Waals surface area contributed by atoms with Gasteiger partial charge in [-0.05, 0) is 19.3 Å². The summed E-state index contributed by atoms with van der Waals surface area (Å²) in [5, 5.41) is 13.5. The summed E-state index contributed by atoms with van der Waals surface area (Å²) in [4.78, 5) is 28.3. The highest BCUT2D eigenvalue weighted by atomic mass is 35.5. The molecule has 3 atom stereocenters. The number of hydrogen-bond donors (Lipinski definition) is 2. The first-order valence-electron chi connectivity index (χ1n) is 7.43. The van der Waals surface area contributed by atoms with E-state index in [9.17, 15) is 18.0 Å². The van der Waals surface area contributed by atoms with Crippen LogP contribution in [-0.4, -0.2) is 55.4 Å². The van der Waals surface area contributed by atoms with Crippen molar-refractivity contribution in [1.82, 2.24) is 29.7 Å². The third-order valence-electron chi connectivity index (χ3n) is 4.16. The van der Waals surface area contributed by atoms with Gasteiger partial charge < -0.3 is 5.32 Å². The highest BCUT2D eigenvalue weighted by Gasteiger charge is 2.41. The largest absolute Gasteiger partial charge is 0.352 e. The molecule has 0 saturated heterocycles. The Kier molecular flexibility index (Phi) is 4.51. The van der Waals surface area contributed by atoms with E-state index in [-0.39, 0.29) is 11.3 Å². The number of fused-ring (bicyclic) bond motifs is 1. The monoisotopic (exact) mass is 389 g/mol. The molecule has 1 amide bonds. The third kappa shape index (κ3) is 3.24. The van der Waals surface area contributed by atoms with Gasteiger partial charge in [0.05, 0.1) is 5.38 Å². The molecule has 2 aromatic rings. The van der Waals surface area contributed by atoms with Gasteiger partial charge >= 0.3 is 5.69 Å². The van der Waals surface area contributed by atoms with Crippen LogP contribution in [0.2, 0.25) is 0 Å². The molecule has 0 bridgehead atoms. The number of aromatic nitrogens is 5. The number of sulfonamides is 1. The number of primary sulfonamides is 1. The van der Waals surface area contributed by atoms with Crippen LogP contribution in [0.15, 0.2) is 11.1 Å². The third-order valence-corrected chi connectivity index (χ3v) is 6.21. The molecule has 136 valence electrons. The average Bonchev–Trinajstić information content (AvgIpc) is 2.94. The molecule has 1 aliphatic rings. The van der Waals surface area contributed by atoms with E-state index in [0.717, 1.165) is 15.4 Å². The molecule has 13 heteroatoms. The molecule has 11 nitrogen and oxygen atoms in total. The predicted molar refractivity (Wildman–Crippen MR) is 87.7 cm³/mol. The summed E-state index contributed by atoms with van der Waals surface area (Å²) in [6.07, 6.45) is 2.71. The van der Waals surface area contributed by atoms with Gasteiger partial charge in [-0.3, -0.25) is 4.79 Å². The number of hydrogen-bond acceptors (Lipinski definition) is 7. The van der Waals surface area contributed by atoms with Gasteiger partial charge in [-0.2, -0.15) is 4.68 Å². The number of carbonyl (C=O) groups is 1. The summed E-state index contributed by atoms with van der Waals surface area (Å²) >= 11 is 6.11. The van der Waals surface area contributed by atoms with Crippen molar-refractivity contribution in [1.29, 1.82) is 0 Å². The van der Waals surface area contributed by atoms with Gasteiger partial charge in [-0.25, -0.2) is 27.7 Å². The Balaban J connectivity index is 1.92. The highest BCUT2D eigenvalue weighted by molar-refractivity contribution is 7.90. The van der Waals surface area contributed by atoms with E-state index in [4.69, 9.17) is 16.7 Å². The van der Waals surface area contributed by atoms with Crippen molar-refractivity contribution < 1.29 is 13.2 Å². The number of nitrogens with two attached hydrogens (primary N) is 1. The molecule has 0 spiro atoms. The minimum Gasteiger partial charge on any atom is -0.346 e. The van der Waals surface area contributed by atoms with Crippen LogP contribution < -0.4 is 16.1 Å². The Hall–Kier alpha value is -2.05. The fourth-order valence-corrected chi connectivity index (χ4v) is 4.95. The van der Waals surface area contributed by atoms with E-state index in [2.05, 4.69) is 20.6 Å². The fourth-order valence-electron chi connectivity index (χ4n) is 2.98. The van der Waals surface area contributed by atoms with Crippen molar-refractivity contribution in [3.8, 4) is 0 Å². The molecule has 0 aliphatic heterocycles. The number of carbonyl (C=O) groups excluding carboxylic acids is 1. The van der Waals surface area contributed by atoms with Crippen LogP contribution in [0.25, 0.3) is 5.65 Å². The van der Waals surface area contributed by atoms with Crippen LogP contribution in [0.3, 0.4) is 0 Å².